The Labute approximate surface area is 157 Å². The summed E-state index contributed by atoms with van der Waals surface area (Å²) in [5.74, 6) is -2.67. The maximum atomic E-state index is 12.6. The Hall–Kier alpha value is -3.33. The van der Waals surface area contributed by atoms with Crippen molar-refractivity contribution < 1.29 is 29.4 Å². The van der Waals surface area contributed by atoms with Crippen molar-refractivity contribution in [3.63, 3.8) is 0 Å². The minimum Gasteiger partial charge on any atom is -0.478 e. The lowest BCUT2D eigenvalue weighted by molar-refractivity contribution is -0.126. The largest absolute Gasteiger partial charge is 0.478 e. The van der Waals surface area contributed by atoms with Crippen LogP contribution in [0.5, 0.6) is 0 Å². The summed E-state index contributed by atoms with van der Waals surface area (Å²) in [5.41, 5.74) is 1.05. The van der Waals surface area contributed by atoms with E-state index in [1.807, 2.05) is 0 Å². The summed E-state index contributed by atoms with van der Waals surface area (Å²) in [6.07, 6.45) is 0. The van der Waals surface area contributed by atoms with Gasteiger partial charge in [0.15, 0.2) is 5.37 Å². The summed E-state index contributed by atoms with van der Waals surface area (Å²) in [4.78, 5) is 47.9. The van der Waals surface area contributed by atoms with Crippen molar-refractivity contribution in [2.24, 2.45) is 0 Å². The van der Waals surface area contributed by atoms with E-state index in [-0.39, 0.29) is 17.7 Å². The molecule has 0 saturated carbocycles. The maximum Gasteiger partial charge on any atom is 0.335 e. The van der Waals surface area contributed by atoms with Crippen molar-refractivity contribution in [3.8, 4) is 0 Å². The fraction of sp³-hybridized carbons (Fsp3) is 0.111. The molecular weight excluding hydrogens is 372 g/mol. The number of nitrogens with one attached hydrogen (secondary N) is 1. The third-order valence-electron chi connectivity index (χ3n) is 3.85. The number of rotatable bonds is 6. The van der Waals surface area contributed by atoms with Crippen LogP contribution in [0.2, 0.25) is 0 Å². The van der Waals surface area contributed by atoms with Crippen LogP contribution in [-0.4, -0.2) is 43.6 Å². The minimum atomic E-state index is -1.10. The molecule has 2 aromatic rings. The molecule has 9 heteroatoms. The van der Waals surface area contributed by atoms with Crippen LogP contribution in [0.15, 0.2) is 48.5 Å². The Morgan fingerprint density at radius 1 is 1.00 bits per heavy atom. The predicted octanol–water partition coefficient (Wildman–Crippen LogP) is 2.72. The number of carbonyl (C=O) groups is 4. The van der Waals surface area contributed by atoms with E-state index >= 15 is 0 Å². The van der Waals surface area contributed by atoms with E-state index in [0.29, 0.717) is 11.3 Å². The SMILES string of the molecule is O=C(O)c1cccc(CN2C(=O)SC(Nc3cccc(C(=O)O)c3)C2=O)c1. The highest BCUT2D eigenvalue weighted by molar-refractivity contribution is 8.15. The lowest BCUT2D eigenvalue weighted by Crippen LogP contribution is -2.34. The zero-order valence-electron chi connectivity index (χ0n) is 13.8. The van der Waals surface area contributed by atoms with E-state index in [1.54, 1.807) is 18.2 Å². The minimum absolute atomic E-state index is 0.0425. The highest BCUT2D eigenvalue weighted by Gasteiger charge is 2.39. The number of aromatic carboxylic acids is 2. The first-order chi connectivity index (χ1) is 12.8. The summed E-state index contributed by atoms with van der Waals surface area (Å²) >= 11 is 0.783. The van der Waals surface area contributed by atoms with Crippen LogP contribution in [0, 0.1) is 0 Å². The van der Waals surface area contributed by atoms with Crippen LogP contribution in [0.1, 0.15) is 26.3 Å². The number of carbonyl (C=O) groups excluding carboxylic acids is 2. The van der Waals surface area contributed by atoms with Gasteiger partial charge in [-0.2, -0.15) is 0 Å². The Morgan fingerprint density at radius 2 is 1.63 bits per heavy atom. The van der Waals surface area contributed by atoms with Crippen LogP contribution in [0.4, 0.5) is 10.5 Å². The molecule has 3 rings (SSSR count). The van der Waals surface area contributed by atoms with Crippen molar-refractivity contribution in [2.75, 3.05) is 5.32 Å². The third-order valence-corrected chi connectivity index (χ3v) is 4.83. The fourth-order valence-electron chi connectivity index (χ4n) is 2.56. The van der Waals surface area contributed by atoms with Crippen LogP contribution in [0.3, 0.4) is 0 Å². The second-order valence-electron chi connectivity index (χ2n) is 5.72. The van der Waals surface area contributed by atoms with E-state index in [4.69, 9.17) is 10.2 Å². The maximum absolute atomic E-state index is 12.6. The summed E-state index contributed by atoms with van der Waals surface area (Å²) in [6.45, 7) is -0.0425. The smallest absolute Gasteiger partial charge is 0.335 e. The summed E-state index contributed by atoms with van der Waals surface area (Å²) in [6, 6.07) is 11.9. The number of hydrogen-bond donors (Lipinski definition) is 3. The highest BCUT2D eigenvalue weighted by Crippen LogP contribution is 2.30. The van der Waals surface area contributed by atoms with E-state index in [0.717, 1.165) is 16.7 Å². The number of nitrogens with zero attached hydrogens (tertiary/aromatic N) is 1. The molecule has 1 heterocycles. The number of carboxylic acids is 2. The molecule has 1 aliphatic heterocycles. The zero-order chi connectivity index (χ0) is 19.6. The van der Waals surface area contributed by atoms with Gasteiger partial charge in [-0.1, -0.05) is 18.2 Å². The third kappa shape index (κ3) is 4.09. The molecule has 0 aromatic heterocycles. The Balaban J connectivity index is 1.73. The lowest BCUT2D eigenvalue weighted by atomic mass is 10.1. The molecule has 27 heavy (non-hydrogen) atoms. The first-order valence-electron chi connectivity index (χ1n) is 7.79. The van der Waals surface area contributed by atoms with E-state index in [2.05, 4.69) is 5.32 Å². The van der Waals surface area contributed by atoms with Gasteiger partial charge in [-0.05, 0) is 47.7 Å². The first kappa shape index (κ1) is 18.5. The van der Waals surface area contributed by atoms with Gasteiger partial charge in [0.2, 0.25) is 0 Å². The van der Waals surface area contributed by atoms with E-state index in [1.165, 1.54) is 30.3 Å². The average Bonchev–Trinajstić information content (AvgIpc) is 2.89. The molecule has 8 nitrogen and oxygen atoms in total. The molecule has 0 radical (unpaired) electrons. The van der Waals surface area contributed by atoms with Gasteiger partial charge in [-0.3, -0.25) is 14.5 Å². The van der Waals surface area contributed by atoms with Crippen LogP contribution >= 0.6 is 11.8 Å². The van der Waals surface area contributed by atoms with Crippen LogP contribution in [-0.2, 0) is 11.3 Å². The summed E-state index contributed by atoms with van der Waals surface area (Å²) < 4.78 is 0. The van der Waals surface area contributed by atoms with Crippen LogP contribution < -0.4 is 5.32 Å². The monoisotopic (exact) mass is 386 g/mol. The topological polar surface area (TPSA) is 124 Å². The molecule has 0 aliphatic carbocycles. The Kier molecular flexibility index (Phi) is 5.13. The molecule has 1 unspecified atom stereocenters. The lowest BCUT2D eigenvalue weighted by Gasteiger charge is -2.15. The van der Waals surface area contributed by atoms with Gasteiger partial charge < -0.3 is 15.5 Å². The van der Waals surface area contributed by atoms with E-state index < -0.39 is 28.5 Å². The van der Waals surface area contributed by atoms with Crippen molar-refractivity contribution >= 4 is 40.5 Å². The molecular formula is C18H14N2O6S. The summed E-state index contributed by atoms with van der Waals surface area (Å²) in [5, 5.41) is 19.6. The Morgan fingerprint density at radius 3 is 2.30 bits per heavy atom. The molecule has 1 fully saturated rings. The molecule has 0 bridgehead atoms. The number of anilines is 1. The first-order valence-corrected chi connectivity index (χ1v) is 8.67. The van der Waals surface area contributed by atoms with Gasteiger partial charge >= 0.3 is 11.9 Å². The zero-order valence-corrected chi connectivity index (χ0v) is 14.6. The van der Waals surface area contributed by atoms with Crippen molar-refractivity contribution in [1.29, 1.82) is 0 Å². The van der Waals surface area contributed by atoms with Crippen LogP contribution in [0.25, 0.3) is 0 Å². The van der Waals surface area contributed by atoms with Gasteiger partial charge in [0.05, 0.1) is 17.7 Å². The fourth-order valence-corrected chi connectivity index (χ4v) is 3.47. The summed E-state index contributed by atoms with van der Waals surface area (Å²) in [7, 11) is 0. The molecule has 1 aliphatic rings. The number of hydrogen-bond acceptors (Lipinski definition) is 6. The molecule has 1 atom stereocenters. The predicted molar refractivity (Wildman–Crippen MR) is 97.8 cm³/mol. The molecule has 0 spiro atoms. The number of benzene rings is 2. The van der Waals surface area contributed by atoms with E-state index in [9.17, 15) is 19.2 Å². The van der Waals surface area contributed by atoms with Gasteiger partial charge in [0.25, 0.3) is 11.1 Å². The quantitative estimate of drug-likeness (QED) is 0.692. The number of thioether (sulfide) groups is 1. The second kappa shape index (κ2) is 7.50. The van der Waals surface area contributed by atoms with Gasteiger partial charge in [-0.25, -0.2) is 9.59 Å². The second-order valence-corrected chi connectivity index (χ2v) is 6.78. The van der Waals surface area contributed by atoms with Gasteiger partial charge in [0.1, 0.15) is 0 Å². The normalized spacial score (nSPS) is 16.4. The number of carboxylic acid groups (broad SMARTS) is 2. The van der Waals surface area contributed by atoms with Gasteiger partial charge in [0, 0.05) is 5.69 Å². The van der Waals surface area contributed by atoms with Crippen molar-refractivity contribution in [1.82, 2.24) is 4.90 Å². The van der Waals surface area contributed by atoms with Crippen molar-refractivity contribution in [3.05, 3.63) is 65.2 Å². The van der Waals surface area contributed by atoms with Crippen molar-refractivity contribution in [2.45, 2.75) is 11.9 Å². The molecule has 2 amide bonds. The number of amides is 2. The average molecular weight is 386 g/mol. The Bertz CT molecular complexity index is 945. The standard InChI is InChI=1S/C18H14N2O6S/c21-15-14(19-13-6-2-5-12(8-13)17(24)25)27-18(26)20(15)9-10-3-1-4-11(7-10)16(22)23/h1-8,14,19H,9H2,(H,22,23)(H,24,25). The molecule has 138 valence electrons. The number of imide groups is 1. The molecule has 2 aromatic carbocycles. The molecule has 3 N–H and O–H groups in total. The highest BCUT2D eigenvalue weighted by atomic mass is 32.2. The molecule has 1 saturated heterocycles. The van der Waals surface area contributed by atoms with Gasteiger partial charge in [-0.15, -0.1) is 0 Å².